The predicted molar refractivity (Wildman–Crippen MR) is 143 cm³/mol. The van der Waals surface area contributed by atoms with Crippen molar-refractivity contribution >= 4 is 39.1 Å². The first-order valence-electron chi connectivity index (χ1n) is 11.7. The van der Waals surface area contributed by atoms with Crippen molar-refractivity contribution in [2.45, 2.75) is 26.8 Å². The van der Waals surface area contributed by atoms with Crippen LogP contribution in [0.1, 0.15) is 26.5 Å². The first kappa shape index (κ1) is 25.1. The molecule has 4 aromatic heterocycles. The van der Waals surface area contributed by atoms with Gasteiger partial charge in [-0.25, -0.2) is 4.98 Å². The number of nitrogens with zero attached hydrogens (tertiary/aromatic N) is 5. The molecular formula is C26H25N7O4S. The second-order valence-electron chi connectivity index (χ2n) is 8.62. The third-order valence-corrected chi connectivity index (χ3v) is 6.95. The van der Waals surface area contributed by atoms with Crippen LogP contribution in [0.2, 0.25) is 0 Å². The molecule has 0 unspecified atom stereocenters. The third kappa shape index (κ3) is 4.50. The van der Waals surface area contributed by atoms with Crippen molar-refractivity contribution in [3.05, 3.63) is 80.1 Å². The van der Waals surface area contributed by atoms with Gasteiger partial charge < -0.3 is 14.0 Å². The van der Waals surface area contributed by atoms with E-state index in [0.717, 1.165) is 11.1 Å². The molecule has 0 saturated carbocycles. The summed E-state index contributed by atoms with van der Waals surface area (Å²) in [5.74, 6) is 0.642. The Labute approximate surface area is 220 Å². The summed E-state index contributed by atoms with van der Waals surface area (Å²) < 4.78 is 13.8. The van der Waals surface area contributed by atoms with Gasteiger partial charge in [-0.2, -0.15) is 0 Å². The molecule has 194 valence electrons. The highest BCUT2D eigenvalue weighted by atomic mass is 32.1. The van der Waals surface area contributed by atoms with E-state index < -0.39 is 5.91 Å². The number of rotatable bonds is 7. The van der Waals surface area contributed by atoms with E-state index in [1.807, 2.05) is 31.2 Å². The Morgan fingerprint density at radius 3 is 2.58 bits per heavy atom. The molecule has 0 aliphatic carbocycles. The van der Waals surface area contributed by atoms with Gasteiger partial charge in [0, 0.05) is 12.7 Å². The Kier molecular flexibility index (Phi) is 6.64. The lowest BCUT2D eigenvalue weighted by Gasteiger charge is -2.15. The molecule has 1 amide bonds. The Bertz CT molecular complexity index is 1820. The largest absolute Gasteiger partial charge is 0.493 e. The van der Waals surface area contributed by atoms with Crippen molar-refractivity contribution in [1.82, 2.24) is 24.1 Å². The van der Waals surface area contributed by atoms with E-state index in [2.05, 4.69) is 15.5 Å². The minimum atomic E-state index is -0.554. The van der Waals surface area contributed by atoms with E-state index in [-0.39, 0.29) is 22.0 Å². The normalized spacial score (nSPS) is 11.2. The Balaban J connectivity index is 1.66. The van der Waals surface area contributed by atoms with Crippen LogP contribution in [-0.4, -0.2) is 44.3 Å². The number of methoxy groups -OCH3 is 2. The van der Waals surface area contributed by atoms with Crippen LogP contribution in [0.4, 0.5) is 5.13 Å². The van der Waals surface area contributed by atoms with E-state index in [0.29, 0.717) is 45.9 Å². The summed E-state index contributed by atoms with van der Waals surface area (Å²) in [6.07, 6.45) is 2.13. The molecule has 0 atom stereocenters. The minimum absolute atomic E-state index is 0.0316. The van der Waals surface area contributed by atoms with Crippen LogP contribution >= 0.6 is 11.3 Å². The fourth-order valence-corrected chi connectivity index (χ4v) is 4.86. The van der Waals surface area contributed by atoms with Gasteiger partial charge in [0.1, 0.15) is 21.8 Å². The number of carbonyl (C=O) groups excluding carboxylic acids is 1. The molecular weight excluding hydrogens is 506 g/mol. The maximum Gasteiger partial charge on any atom is 0.267 e. The van der Waals surface area contributed by atoms with E-state index in [4.69, 9.17) is 19.9 Å². The number of pyridine rings is 2. The van der Waals surface area contributed by atoms with Crippen molar-refractivity contribution < 1.29 is 14.3 Å². The maximum atomic E-state index is 13.5. The number of hydrogen-bond acceptors (Lipinski definition) is 9. The molecule has 2 N–H and O–H groups in total. The van der Waals surface area contributed by atoms with E-state index in [9.17, 15) is 9.59 Å². The summed E-state index contributed by atoms with van der Waals surface area (Å²) in [6, 6.07) is 10.7. The molecule has 5 rings (SSSR count). The molecule has 0 spiro atoms. The summed E-state index contributed by atoms with van der Waals surface area (Å²) in [4.78, 5) is 31.5. The lowest BCUT2D eigenvalue weighted by molar-refractivity contribution is 0.102. The highest BCUT2D eigenvalue weighted by molar-refractivity contribution is 7.15. The van der Waals surface area contributed by atoms with Crippen LogP contribution in [0.25, 0.3) is 16.7 Å². The topological polar surface area (TPSA) is 136 Å². The molecule has 1 aromatic carbocycles. The molecule has 12 heteroatoms. The summed E-state index contributed by atoms with van der Waals surface area (Å²) in [5.41, 5.74) is 2.21. The van der Waals surface area contributed by atoms with Gasteiger partial charge in [0.2, 0.25) is 5.13 Å². The molecule has 11 nitrogen and oxygen atoms in total. The molecule has 0 bridgehead atoms. The number of aryl methyl sites for hydroxylation is 4. The van der Waals surface area contributed by atoms with Crippen LogP contribution in [0.5, 0.6) is 11.5 Å². The van der Waals surface area contributed by atoms with Crippen LogP contribution in [0, 0.1) is 19.3 Å². The first-order chi connectivity index (χ1) is 18.3. The number of amides is 1. The minimum Gasteiger partial charge on any atom is -0.493 e. The van der Waals surface area contributed by atoms with Gasteiger partial charge in [-0.1, -0.05) is 23.5 Å². The van der Waals surface area contributed by atoms with Gasteiger partial charge in [-0.05, 0) is 55.7 Å². The number of nitrogens with one attached hydrogen (secondary N) is 2. The van der Waals surface area contributed by atoms with E-state index >= 15 is 0 Å². The van der Waals surface area contributed by atoms with Crippen LogP contribution < -0.4 is 25.8 Å². The number of benzene rings is 1. The molecule has 5 aromatic rings. The predicted octanol–water partition coefficient (Wildman–Crippen LogP) is 3.11. The zero-order chi connectivity index (χ0) is 27.0. The number of ether oxygens (including phenoxy) is 2. The smallest absolute Gasteiger partial charge is 0.267 e. The van der Waals surface area contributed by atoms with Crippen molar-refractivity contribution in [2.75, 3.05) is 19.5 Å². The Morgan fingerprint density at radius 1 is 1.08 bits per heavy atom. The monoisotopic (exact) mass is 531 g/mol. The first-order valence-corrected chi connectivity index (χ1v) is 12.5. The zero-order valence-electron chi connectivity index (χ0n) is 21.2. The second kappa shape index (κ2) is 10.1. The third-order valence-electron chi connectivity index (χ3n) is 6.20. The lowest BCUT2D eigenvalue weighted by Crippen LogP contribution is -2.32. The molecule has 0 aliphatic heterocycles. The Hall–Kier alpha value is -4.58. The van der Waals surface area contributed by atoms with Gasteiger partial charge in [-0.15, -0.1) is 10.2 Å². The average Bonchev–Trinajstić information content (AvgIpc) is 3.32. The van der Waals surface area contributed by atoms with Gasteiger partial charge >= 0.3 is 0 Å². The fourth-order valence-electron chi connectivity index (χ4n) is 4.28. The van der Waals surface area contributed by atoms with Crippen molar-refractivity contribution in [1.29, 1.82) is 5.41 Å². The van der Waals surface area contributed by atoms with Crippen molar-refractivity contribution in [2.24, 2.45) is 0 Å². The van der Waals surface area contributed by atoms with Crippen LogP contribution in [0.3, 0.4) is 0 Å². The Morgan fingerprint density at radius 2 is 1.87 bits per heavy atom. The molecule has 0 saturated heterocycles. The number of aromatic nitrogens is 5. The number of hydrogen-bond donors (Lipinski definition) is 2. The molecule has 38 heavy (non-hydrogen) atoms. The van der Waals surface area contributed by atoms with E-state index in [1.54, 1.807) is 38.0 Å². The van der Waals surface area contributed by atoms with Gasteiger partial charge in [-0.3, -0.25) is 24.7 Å². The molecule has 0 fully saturated rings. The van der Waals surface area contributed by atoms with Gasteiger partial charge in [0.15, 0.2) is 11.5 Å². The standard InChI is InChI=1S/C26H25N7O4S/c1-14-6-5-10-33-22(14)28-23-18(25(33)35)13-17(24(34)29-26-31-30-15(2)38-26)21(27)32(23)11-9-16-7-8-19(36-3)20(12-16)37-4/h5-8,10,12-13,27H,9,11H2,1-4H3,(H,29,31,34). The SMILES string of the molecule is COc1ccc(CCn2c(=N)c(C(=O)Nc3nnc(C)s3)cc3c(=O)n4cccc(C)c4nc32)cc1OC. The van der Waals surface area contributed by atoms with E-state index in [1.165, 1.54) is 21.8 Å². The van der Waals surface area contributed by atoms with Gasteiger partial charge in [0.25, 0.3) is 11.5 Å². The second-order valence-corrected chi connectivity index (χ2v) is 9.80. The quantitative estimate of drug-likeness (QED) is 0.308. The summed E-state index contributed by atoms with van der Waals surface area (Å²) in [7, 11) is 3.14. The average molecular weight is 532 g/mol. The number of carbonyl (C=O) groups is 1. The maximum absolute atomic E-state index is 13.5. The molecule has 0 radical (unpaired) electrons. The highest BCUT2D eigenvalue weighted by Crippen LogP contribution is 2.28. The van der Waals surface area contributed by atoms with Crippen molar-refractivity contribution in [3.63, 3.8) is 0 Å². The molecule has 4 heterocycles. The lowest BCUT2D eigenvalue weighted by atomic mass is 10.1. The van der Waals surface area contributed by atoms with Crippen LogP contribution in [0.15, 0.2) is 47.4 Å². The number of anilines is 1. The fraction of sp³-hybridized carbons (Fsp3) is 0.231. The molecule has 0 aliphatic rings. The van der Waals surface area contributed by atoms with Crippen LogP contribution in [-0.2, 0) is 13.0 Å². The summed E-state index contributed by atoms with van der Waals surface area (Å²) in [5, 5.41) is 20.7. The summed E-state index contributed by atoms with van der Waals surface area (Å²) >= 11 is 1.22. The highest BCUT2D eigenvalue weighted by Gasteiger charge is 2.19. The zero-order valence-corrected chi connectivity index (χ0v) is 22.0. The van der Waals surface area contributed by atoms with Crippen molar-refractivity contribution in [3.8, 4) is 11.5 Å². The number of fused-ring (bicyclic) bond motifs is 2. The summed E-state index contributed by atoms with van der Waals surface area (Å²) in [6.45, 7) is 3.94. The van der Waals surface area contributed by atoms with Gasteiger partial charge in [0.05, 0.1) is 25.2 Å².